The van der Waals surface area contributed by atoms with E-state index < -0.39 is 5.41 Å². The van der Waals surface area contributed by atoms with Gasteiger partial charge < -0.3 is 20.3 Å². The molecule has 7 heteroatoms. The maximum absolute atomic E-state index is 13.2. The van der Waals surface area contributed by atoms with Crippen LogP contribution in [0.5, 0.6) is 0 Å². The van der Waals surface area contributed by atoms with Gasteiger partial charge in [0, 0.05) is 44.9 Å². The molecule has 0 unspecified atom stereocenters. The minimum atomic E-state index is -0.644. The Morgan fingerprint density at radius 2 is 2.12 bits per heavy atom. The largest absolute Gasteiger partial charge is 0.381 e. The van der Waals surface area contributed by atoms with Crippen molar-refractivity contribution in [3.8, 4) is 0 Å². The molecule has 2 atom stereocenters. The number of anilines is 1. The van der Waals surface area contributed by atoms with Gasteiger partial charge >= 0.3 is 0 Å². The molecule has 25 heavy (non-hydrogen) atoms. The molecule has 1 aromatic rings. The molecule has 0 aromatic carbocycles. The van der Waals surface area contributed by atoms with E-state index in [0.717, 1.165) is 31.6 Å². The molecule has 2 N–H and O–H groups in total. The Hall–Kier alpha value is -2.15. The average Bonchev–Trinajstić information content (AvgIpc) is 3.29. The Labute approximate surface area is 147 Å². The molecule has 3 aliphatic heterocycles. The van der Waals surface area contributed by atoms with Crippen LogP contribution in [-0.2, 0) is 9.53 Å². The van der Waals surface area contributed by atoms with Gasteiger partial charge in [-0.3, -0.25) is 14.6 Å². The molecule has 1 aromatic heterocycles. The second-order valence-corrected chi connectivity index (χ2v) is 7.31. The maximum atomic E-state index is 13.2. The molecule has 0 saturated carbocycles. The predicted molar refractivity (Wildman–Crippen MR) is 92.1 cm³/mol. The number of ether oxygens (including phenoxy) is 1. The number of carbonyl (C=O) groups excluding carboxylic acids is 2. The van der Waals surface area contributed by atoms with Gasteiger partial charge in [-0.2, -0.15) is 0 Å². The molecule has 3 fully saturated rings. The summed E-state index contributed by atoms with van der Waals surface area (Å²) >= 11 is 0. The van der Waals surface area contributed by atoms with Crippen LogP contribution in [0, 0.1) is 11.3 Å². The van der Waals surface area contributed by atoms with Crippen molar-refractivity contribution in [1.82, 2.24) is 9.88 Å². The summed E-state index contributed by atoms with van der Waals surface area (Å²) < 4.78 is 5.53. The first kappa shape index (κ1) is 16.3. The van der Waals surface area contributed by atoms with Crippen LogP contribution in [0.1, 0.15) is 29.6 Å². The zero-order chi connectivity index (χ0) is 17.4. The SMILES string of the molecule is NC(=O)[C@]12CCOC[C@H]1CN(C(=O)c1ccncc1N1CCCC1)C2. The van der Waals surface area contributed by atoms with Gasteiger partial charge in [0.1, 0.15) is 0 Å². The molecule has 4 heterocycles. The van der Waals surface area contributed by atoms with Crippen LogP contribution < -0.4 is 10.6 Å². The van der Waals surface area contributed by atoms with Crippen LogP contribution in [0.4, 0.5) is 5.69 Å². The van der Waals surface area contributed by atoms with Crippen LogP contribution in [0.2, 0.25) is 0 Å². The van der Waals surface area contributed by atoms with E-state index in [-0.39, 0.29) is 17.7 Å². The van der Waals surface area contributed by atoms with Gasteiger partial charge in [0.25, 0.3) is 5.91 Å². The number of hydrogen-bond donors (Lipinski definition) is 1. The molecular formula is C18H24N4O3. The van der Waals surface area contributed by atoms with Gasteiger partial charge in [-0.15, -0.1) is 0 Å². The first-order chi connectivity index (χ1) is 12.1. The van der Waals surface area contributed by atoms with Gasteiger partial charge in [-0.25, -0.2) is 0 Å². The van der Waals surface area contributed by atoms with Crippen LogP contribution in [0.3, 0.4) is 0 Å². The van der Waals surface area contributed by atoms with Crippen LogP contribution >= 0.6 is 0 Å². The van der Waals surface area contributed by atoms with Crippen LogP contribution in [0.15, 0.2) is 18.5 Å². The van der Waals surface area contributed by atoms with Crippen LogP contribution in [-0.4, -0.2) is 61.1 Å². The fourth-order valence-electron chi connectivity index (χ4n) is 4.45. The lowest BCUT2D eigenvalue weighted by molar-refractivity contribution is -0.135. The lowest BCUT2D eigenvalue weighted by Gasteiger charge is -2.35. The molecule has 0 bridgehead atoms. The third-order valence-corrected chi connectivity index (χ3v) is 5.96. The van der Waals surface area contributed by atoms with Crippen molar-refractivity contribution in [1.29, 1.82) is 0 Å². The Balaban J connectivity index is 1.61. The number of likely N-dealkylation sites (tertiary alicyclic amines) is 1. The topological polar surface area (TPSA) is 88.8 Å². The van der Waals surface area contributed by atoms with Gasteiger partial charge in [-0.1, -0.05) is 0 Å². The zero-order valence-corrected chi connectivity index (χ0v) is 14.3. The summed E-state index contributed by atoms with van der Waals surface area (Å²) in [6, 6.07) is 1.78. The number of nitrogens with two attached hydrogens (primary N) is 1. The number of rotatable bonds is 3. The summed E-state index contributed by atoms with van der Waals surface area (Å²) in [5.74, 6) is -0.371. The molecule has 0 radical (unpaired) electrons. The summed E-state index contributed by atoms with van der Waals surface area (Å²) in [4.78, 5) is 33.6. The van der Waals surface area contributed by atoms with Crippen molar-refractivity contribution in [2.24, 2.45) is 17.1 Å². The van der Waals surface area contributed by atoms with Crippen molar-refractivity contribution in [2.45, 2.75) is 19.3 Å². The van der Waals surface area contributed by atoms with Crippen molar-refractivity contribution in [2.75, 3.05) is 44.3 Å². The molecule has 134 valence electrons. The number of nitrogens with zero attached hydrogens (tertiary/aromatic N) is 3. The summed E-state index contributed by atoms with van der Waals surface area (Å²) in [5, 5.41) is 0. The quantitative estimate of drug-likeness (QED) is 0.869. The van der Waals surface area contributed by atoms with E-state index in [1.165, 1.54) is 0 Å². The van der Waals surface area contributed by atoms with E-state index in [0.29, 0.717) is 38.3 Å². The number of aromatic nitrogens is 1. The van der Waals surface area contributed by atoms with E-state index in [2.05, 4.69) is 9.88 Å². The molecule has 4 rings (SSSR count). The van der Waals surface area contributed by atoms with Crippen molar-refractivity contribution >= 4 is 17.5 Å². The molecule has 0 aliphatic carbocycles. The maximum Gasteiger partial charge on any atom is 0.256 e. The third-order valence-electron chi connectivity index (χ3n) is 5.96. The highest BCUT2D eigenvalue weighted by atomic mass is 16.5. The lowest BCUT2D eigenvalue weighted by atomic mass is 9.74. The number of hydrogen-bond acceptors (Lipinski definition) is 5. The summed E-state index contributed by atoms with van der Waals surface area (Å²) in [5.41, 5.74) is 6.63. The van der Waals surface area contributed by atoms with Crippen molar-refractivity contribution < 1.29 is 14.3 Å². The first-order valence-electron chi connectivity index (χ1n) is 8.98. The summed E-state index contributed by atoms with van der Waals surface area (Å²) in [6.07, 6.45) is 6.29. The molecular weight excluding hydrogens is 320 g/mol. The third kappa shape index (κ3) is 2.66. The summed E-state index contributed by atoms with van der Waals surface area (Å²) in [6.45, 7) is 3.82. The summed E-state index contributed by atoms with van der Waals surface area (Å²) in [7, 11) is 0. The Bertz CT molecular complexity index is 689. The van der Waals surface area contributed by atoms with Gasteiger partial charge in [-0.05, 0) is 25.3 Å². The van der Waals surface area contributed by atoms with E-state index in [1.807, 2.05) is 0 Å². The van der Waals surface area contributed by atoms with Gasteiger partial charge in [0.15, 0.2) is 0 Å². The monoisotopic (exact) mass is 344 g/mol. The van der Waals surface area contributed by atoms with Gasteiger partial charge in [0.05, 0.1) is 29.5 Å². The standard InChI is InChI=1S/C18H24N4O3/c19-17(24)18-4-8-25-11-13(18)10-22(12-18)16(23)14-3-5-20-9-15(14)21-6-1-2-7-21/h3,5,9,13H,1-2,4,6-8,10-12H2,(H2,19,24)/t13-,18+/m1/s1. The second-order valence-electron chi connectivity index (χ2n) is 7.31. The van der Waals surface area contributed by atoms with Crippen molar-refractivity contribution in [3.63, 3.8) is 0 Å². The normalized spacial score (nSPS) is 28.9. The van der Waals surface area contributed by atoms with E-state index in [9.17, 15) is 9.59 Å². The molecule has 0 spiro atoms. The van der Waals surface area contributed by atoms with E-state index in [4.69, 9.17) is 10.5 Å². The number of fused-ring (bicyclic) bond motifs is 1. The Morgan fingerprint density at radius 3 is 2.84 bits per heavy atom. The smallest absolute Gasteiger partial charge is 0.256 e. The minimum Gasteiger partial charge on any atom is -0.381 e. The van der Waals surface area contributed by atoms with E-state index >= 15 is 0 Å². The number of pyridine rings is 1. The number of primary amides is 1. The molecule has 2 amide bonds. The highest BCUT2D eigenvalue weighted by molar-refractivity contribution is 6.00. The highest BCUT2D eigenvalue weighted by Gasteiger charge is 2.53. The fraction of sp³-hybridized carbons (Fsp3) is 0.611. The number of carbonyl (C=O) groups is 2. The Kier molecular flexibility index (Phi) is 4.11. The van der Waals surface area contributed by atoms with Gasteiger partial charge in [0.2, 0.25) is 5.91 Å². The lowest BCUT2D eigenvalue weighted by Crippen LogP contribution is -2.48. The average molecular weight is 344 g/mol. The highest BCUT2D eigenvalue weighted by Crippen LogP contribution is 2.42. The number of amides is 2. The van der Waals surface area contributed by atoms with E-state index in [1.54, 1.807) is 23.4 Å². The molecule has 3 saturated heterocycles. The zero-order valence-electron chi connectivity index (χ0n) is 14.3. The second kappa shape index (κ2) is 6.29. The molecule has 7 nitrogen and oxygen atoms in total. The van der Waals surface area contributed by atoms with Crippen LogP contribution in [0.25, 0.3) is 0 Å². The fourth-order valence-corrected chi connectivity index (χ4v) is 4.45. The Morgan fingerprint density at radius 1 is 1.32 bits per heavy atom. The first-order valence-corrected chi connectivity index (χ1v) is 8.98. The van der Waals surface area contributed by atoms with Crippen molar-refractivity contribution in [3.05, 3.63) is 24.0 Å². The predicted octanol–water partition coefficient (Wildman–Crippen LogP) is 0.646. The molecule has 3 aliphatic rings. The minimum absolute atomic E-state index is 0.0141.